The van der Waals surface area contributed by atoms with Gasteiger partial charge in [-0.2, -0.15) is 23.4 Å². The van der Waals surface area contributed by atoms with E-state index >= 15 is 0 Å². The van der Waals surface area contributed by atoms with Gasteiger partial charge >= 0.3 is 6.18 Å². The molecule has 42 heavy (non-hydrogen) atoms. The van der Waals surface area contributed by atoms with E-state index in [1.165, 1.54) is 12.4 Å². The molecule has 4 aromatic heterocycles. The fourth-order valence-corrected chi connectivity index (χ4v) is 6.09. The number of hydrogen-bond donors (Lipinski definition) is 3. The second kappa shape index (κ2) is 10.5. The molecule has 4 N–H and O–H groups in total. The maximum Gasteiger partial charge on any atom is 0.433 e. The number of nitrogens with two attached hydrogens (primary N) is 1. The van der Waals surface area contributed by atoms with Crippen LogP contribution in [0.3, 0.4) is 0 Å². The average Bonchev–Trinajstić information content (AvgIpc) is 3.60. The lowest BCUT2D eigenvalue weighted by molar-refractivity contribution is -0.141. The van der Waals surface area contributed by atoms with E-state index < -0.39 is 11.9 Å². The number of hydrogen-bond acceptors (Lipinski definition) is 9. The number of ether oxygens (including phenoxy) is 1. The minimum atomic E-state index is -4.51. The molecule has 11 nitrogen and oxygen atoms in total. The second-order valence-electron chi connectivity index (χ2n) is 10.7. The Morgan fingerprint density at radius 2 is 1.76 bits per heavy atom. The lowest BCUT2D eigenvalue weighted by Crippen LogP contribution is -2.45. The van der Waals surface area contributed by atoms with E-state index in [1.54, 1.807) is 0 Å². The standard InChI is InChI=1S/C28H29F3N10O/c29-28(30,31)22-8-2-17(14-33-22)36-26-20-13-16(1-7-21(20)37-38-26)24-23-25(32)34-15-35-27(23)41(39-24)19-5-3-18(4-6-19)40-9-11-42-12-10-40/h1-2,7-8,13-15,18-19H,3-6,9-12H2,(H2,32,34,35)(H2,36,37,38)/t18-,19-. The largest absolute Gasteiger partial charge is 0.433 e. The number of morpholine rings is 1. The number of H-pyrrole nitrogens is 1. The Morgan fingerprint density at radius 3 is 2.50 bits per heavy atom. The van der Waals surface area contributed by atoms with Crippen LogP contribution in [0.2, 0.25) is 0 Å². The second-order valence-corrected chi connectivity index (χ2v) is 10.7. The SMILES string of the molecule is Nc1ncnc2c1c(-c1ccc3[nH]nc(Nc4ccc(C(F)(F)F)nc4)c3c1)nn2[C@H]1CC[C@H](N2CCOCC2)CC1. The molecule has 0 amide bonds. The highest BCUT2D eigenvalue weighted by molar-refractivity contribution is 6.01. The van der Waals surface area contributed by atoms with Crippen molar-refractivity contribution in [3.8, 4) is 11.3 Å². The molecule has 0 spiro atoms. The van der Waals surface area contributed by atoms with Crippen molar-refractivity contribution in [2.24, 2.45) is 0 Å². The van der Waals surface area contributed by atoms with E-state index in [2.05, 4.69) is 35.4 Å². The topological polar surface area (TPSA) is 136 Å². The Kier molecular flexibility index (Phi) is 6.66. The third kappa shape index (κ3) is 4.90. The summed E-state index contributed by atoms with van der Waals surface area (Å²) in [5.41, 5.74) is 8.72. The highest BCUT2D eigenvalue weighted by Gasteiger charge is 2.32. The van der Waals surface area contributed by atoms with Crippen LogP contribution in [-0.2, 0) is 10.9 Å². The van der Waals surface area contributed by atoms with Crippen LogP contribution >= 0.6 is 0 Å². The van der Waals surface area contributed by atoms with Crippen LogP contribution < -0.4 is 11.1 Å². The first-order chi connectivity index (χ1) is 20.3. The van der Waals surface area contributed by atoms with Crippen molar-refractivity contribution in [2.45, 2.75) is 43.9 Å². The number of rotatable bonds is 5. The van der Waals surface area contributed by atoms with Crippen molar-refractivity contribution in [1.82, 2.24) is 39.8 Å². The zero-order chi connectivity index (χ0) is 28.8. The van der Waals surface area contributed by atoms with E-state index in [4.69, 9.17) is 15.6 Å². The molecule has 2 fully saturated rings. The number of aromatic nitrogens is 7. The molecule has 7 rings (SSSR count). The fourth-order valence-electron chi connectivity index (χ4n) is 6.09. The molecule has 1 aliphatic heterocycles. The van der Waals surface area contributed by atoms with E-state index in [0.29, 0.717) is 40.1 Å². The first-order valence-corrected chi connectivity index (χ1v) is 13.9. The minimum absolute atomic E-state index is 0.190. The number of aromatic amines is 1. The van der Waals surface area contributed by atoms with Gasteiger partial charge in [0.15, 0.2) is 11.5 Å². The number of nitrogens with one attached hydrogen (secondary N) is 2. The molecule has 0 radical (unpaired) electrons. The summed E-state index contributed by atoms with van der Waals surface area (Å²) < 4.78 is 46.3. The Balaban J connectivity index is 1.19. The zero-order valence-electron chi connectivity index (χ0n) is 22.6. The lowest BCUT2D eigenvalue weighted by atomic mass is 9.90. The number of alkyl halides is 3. The third-order valence-electron chi connectivity index (χ3n) is 8.25. The first kappa shape index (κ1) is 26.6. The lowest BCUT2D eigenvalue weighted by Gasteiger charge is -2.38. The highest BCUT2D eigenvalue weighted by Crippen LogP contribution is 2.38. The summed E-state index contributed by atoms with van der Waals surface area (Å²) in [5.74, 6) is 0.799. The summed E-state index contributed by atoms with van der Waals surface area (Å²) in [4.78, 5) is 14.9. The van der Waals surface area contributed by atoms with Crippen molar-refractivity contribution in [1.29, 1.82) is 0 Å². The number of anilines is 3. The van der Waals surface area contributed by atoms with E-state index in [-0.39, 0.29) is 6.04 Å². The molecule has 5 aromatic rings. The molecule has 1 aromatic carbocycles. The van der Waals surface area contributed by atoms with Gasteiger partial charge in [-0.1, -0.05) is 6.07 Å². The van der Waals surface area contributed by atoms with Crippen LogP contribution in [0.1, 0.15) is 37.4 Å². The van der Waals surface area contributed by atoms with Crippen molar-refractivity contribution in [2.75, 3.05) is 37.4 Å². The molecule has 1 saturated carbocycles. The van der Waals surface area contributed by atoms with Crippen molar-refractivity contribution in [3.05, 3.63) is 48.5 Å². The maximum atomic E-state index is 12.9. The van der Waals surface area contributed by atoms with Crippen LogP contribution in [0.4, 0.5) is 30.5 Å². The number of fused-ring (bicyclic) bond motifs is 2. The van der Waals surface area contributed by atoms with Crippen molar-refractivity contribution in [3.63, 3.8) is 0 Å². The van der Waals surface area contributed by atoms with Gasteiger partial charge in [-0.05, 0) is 49.9 Å². The monoisotopic (exact) mass is 578 g/mol. The van der Waals surface area contributed by atoms with Crippen LogP contribution in [0.25, 0.3) is 33.2 Å². The molecule has 2 aliphatic rings. The van der Waals surface area contributed by atoms with E-state index in [1.807, 2.05) is 22.9 Å². The number of pyridine rings is 1. The van der Waals surface area contributed by atoms with Gasteiger partial charge in [0, 0.05) is 30.1 Å². The summed E-state index contributed by atoms with van der Waals surface area (Å²) >= 11 is 0. The molecule has 0 unspecified atom stereocenters. The van der Waals surface area contributed by atoms with Gasteiger partial charge in [-0.25, -0.2) is 19.6 Å². The molecular formula is C28H29F3N10O. The predicted octanol–water partition coefficient (Wildman–Crippen LogP) is 4.93. The molecule has 0 bridgehead atoms. The van der Waals surface area contributed by atoms with Crippen LogP contribution in [0.15, 0.2) is 42.9 Å². The fraction of sp³-hybridized carbons (Fsp3) is 0.393. The molecule has 5 heterocycles. The van der Waals surface area contributed by atoms with Crippen LogP contribution in [-0.4, -0.2) is 72.2 Å². The minimum Gasteiger partial charge on any atom is -0.383 e. The van der Waals surface area contributed by atoms with E-state index in [0.717, 1.165) is 80.7 Å². The summed E-state index contributed by atoms with van der Waals surface area (Å²) in [6, 6.07) is 8.73. The third-order valence-corrected chi connectivity index (χ3v) is 8.25. The number of nitrogens with zero attached hydrogens (tertiary/aromatic N) is 7. The number of halogens is 3. The van der Waals surface area contributed by atoms with Gasteiger partial charge in [0.1, 0.15) is 23.5 Å². The Hall–Kier alpha value is -4.30. The van der Waals surface area contributed by atoms with Crippen LogP contribution in [0, 0.1) is 0 Å². The van der Waals surface area contributed by atoms with Crippen molar-refractivity contribution < 1.29 is 17.9 Å². The summed E-state index contributed by atoms with van der Waals surface area (Å²) in [5, 5.41) is 16.8. The zero-order valence-corrected chi connectivity index (χ0v) is 22.6. The Bertz CT molecular complexity index is 1720. The molecule has 1 aliphatic carbocycles. The number of nitrogen functional groups attached to an aromatic ring is 1. The van der Waals surface area contributed by atoms with E-state index in [9.17, 15) is 13.2 Å². The molecule has 14 heteroatoms. The Labute approximate surface area is 238 Å². The van der Waals surface area contributed by atoms with Gasteiger partial charge in [0.25, 0.3) is 0 Å². The van der Waals surface area contributed by atoms with Gasteiger partial charge in [-0.15, -0.1) is 0 Å². The summed E-state index contributed by atoms with van der Waals surface area (Å²) in [7, 11) is 0. The predicted molar refractivity (Wildman–Crippen MR) is 151 cm³/mol. The van der Waals surface area contributed by atoms with Gasteiger partial charge in [0.05, 0.1) is 42.0 Å². The van der Waals surface area contributed by atoms with Gasteiger partial charge in [0.2, 0.25) is 0 Å². The smallest absolute Gasteiger partial charge is 0.383 e. The normalized spacial score (nSPS) is 20.4. The first-order valence-electron chi connectivity index (χ1n) is 13.9. The molecule has 0 atom stereocenters. The van der Waals surface area contributed by atoms with Gasteiger partial charge in [-0.3, -0.25) is 10.00 Å². The summed E-state index contributed by atoms with van der Waals surface area (Å²) in [6.45, 7) is 3.55. The highest BCUT2D eigenvalue weighted by atomic mass is 19.4. The Morgan fingerprint density at radius 1 is 0.976 bits per heavy atom. The van der Waals surface area contributed by atoms with Crippen LogP contribution in [0.5, 0.6) is 0 Å². The van der Waals surface area contributed by atoms with Crippen molar-refractivity contribution >= 4 is 39.3 Å². The molecular weight excluding hydrogens is 549 g/mol. The molecule has 1 saturated heterocycles. The molecule has 218 valence electrons. The average molecular weight is 579 g/mol. The number of benzene rings is 1. The maximum absolute atomic E-state index is 12.9. The van der Waals surface area contributed by atoms with Gasteiger partial charge < -0.3 is 15.8 Å². The summed E-state index contributed by atoms with van der Waals surface area (Å²) in [6.07, 6.45) is 2.22. The quantitative estimate of drug-likeness (QED) is 0.265.